The predicted octanol–water partition coefficient (Wildman–Crippen LogP) is 2.77. The molecule has 1 aliphatic rings. The Labute approximate surface area is 95.2 Å². The van der Waals surface area contributed by atoms with Crippen molar-refractivity contribution in [2.24, 2.45) is 0 Å². The Morgan fingerprint density at radius 1 is 1.40 bits per heavy atom. The molecule has 80 valence electrons. The van der Waals surface area contributed by atoms with Crippen LogP contribution in [0.4, 0.5) is 0 Å². The van der Waals surface area contributed by atoms with E-state index in [0.717, 1.165) is 24.0 Å². The molecule has 0 spiro atoms. The van der Waals surface area contributed by atoms with Gasteiger partial charge in [-0.15, -0.1) is 0 Å². The number of amidine groups is 1. The second-order valence-corrected chi connectivity index (χ2v) is 4.99. The summed E-state index contributed by atoms with van der Waals surface area (Å²) in [5.41, 5.74) is 1.36. The molecule has 0 radical (unpaired) electrons. The first-order valence-electron chi connectivity index (χ1n) is 5.28. The lowest BCUT2D eigenvalue weighted by atomic mass is 10.0. The van der Waals surface area contributed by atoms with Crippen LogP contribution < -0.4 is 0 Å². The van der Waals surface area contributed by atoms with Crippen LogP contribution in [0.25, 0.3) is 0 Å². The van der Waals surface area contributed by atoms with Crippen LogP contribution in [-0.2, 0) is 0 Å². The van der Waals surface area contributed by atoms with Crippen molar-refractivity contribution in [1.29, 1.82) is 5.41 Å². The van der Waals surface area contributed by atoms with Crippen molar-refractivity contribution in [3.05, 3.63) is 35.9 Å². The molecule has 0 aliphatic carbocycles. The van der Waals surface area contributed by atoms with Gasteiger partial charge >= 0.3 is 0 Å². The second-order valence-electron chi connectivity index (χ2n) is 3.91. The maximum atomic E-state index is 7.75. The number of benzene rings is 1. The molecule has 15 heavy (non-hydrogen) atoms. The van der Waals surface area contributed by atoms with Crippen LogP contribution >= 0.6 is 11.8 Å². The molecule has 0 amide bonds. The van der Waals surface area contributed by atoms with E-state index >= 15 is 0 Å². The molecule has 1 fully saturated rings. The van der Waals surface area contributed by atoms with Gasteiger partial charge < -0.3 is 4.90 Å². The number of hydrogen-bond donors (Lipinski definition) is 1. The second kappa shape index (κ2) is 4.71. The van der Waals surface area contributed by atoms with E-state index < -0.39 is 0 Å². The van der Waals surface area contributed by atoms with E-state index in [2.05, 4.69) is 36.1 Å². The van der Waals surface area contributed by atoms with Gasteiger partial charge in [-0.25, -0.2) is 0 Å². The van der Waals surface area contributed by atoms with Gasteiger partial charge in [0.15, 0.2) is 5.17 Å². The van der Waals surface area contributed by atoms with Crippen LogP contribution in [0.15, 0.2) is 30.3 Å². The summed E-state index contributed by atoms with van der Waals surface area (Å²) in [7, 11) is 0. The van der Waals surface area contributed by atoms with Crippen molar-refractivity contribution in [1.82, 2.24) is 4.90 Å². The maximum Gasteiger partial charge on any atom is 0.156 e. The van der Waals surface area contributed by atoms with Crippen molar-refractivity contribution in [2.75, 3.05) is 18.8 Å². The molecule has 1 N–H and O–H groups in total. The van der Waals surface area contributed by atoms with E-state index in [1.807, 2.05) is 6.07 Å². The Morgan fingerprint density at radius 3 is 2.73 bits per heavy atom. The highest BCUT2D eigenvalue weighted by molar-refractivity contribution is 8.14. The van der Waals surface area contributed by atoms with E-state index in [4.69, 9.17) is 5.41 Å². The molecule has 1 saturated heterocycles. The molecule has 2 nitrogen and oxygen atoms in total. The van der Waals surface area contributed by atoms with E-state index in [-0.39, 0.29) is 0 Å². The number of nitrogens with zero attached hydrogens (tertiary/aromatic N) is 1. The van der Waals surface area contributed by atoms with Crippen LogP contribution in [0.2, 0.25) is 0 Å². The van der Waals surface area contributed by atoms with Crippen molar-refractivity contribution < 1.29 is 0 Å². The van der Waals surface area contributed by atoms with Crippen LogP contribution in [0.3, 0.4) is 0 Å². The number of thioether (sulfide) groups is 1. The SMILES string of the molecule is CC(CN1CCSC1=N)c1ccccc1. The van der Waals surface area contributed by atoms with Crippen LogP contribution in [0, 0.1) is 5.41 Å². The summed E-state index contributed by atoms with van der Waals surface area (Å²) in [4.78, 5) is 2.17. The molecule has 2 rings (SSSR count). The van der Waals surface area contributed by atoms with Gasteiger partial charge in [-0.1, -0.05) is 49.0 Å². The highest BCUT2D eigenvalue weighted by atomic mass is 32.2. The summed E-state index contributed by atoms with van der Waals surface area (Å²) < 4.78 is 0. The minimum absolute atomic E-state index is 0.505. The average molecular weight is 220 g/mol. The lowest BCUT2D eigenvalue weighted by molar-refractivity contribution is 0.428. The highest BCUT2D eigenvalue weighted by Gasteiger charge is 2.19. The third kappa shape index (κ3) is 2.53. The Morgan fingerprint density at radius 2 is 2.13 bits per heavy atom. The lowest BCUT2D eigenvalue weighted by Crippen LogP contribution is -2.28. The van der Waals surface area contributed by atoms with Crippen LogP contribution in [-0.4, -0.2) is 28.9 Å². The first kappa shape index (κ1) is 10.6. The number of hydrogen-bond acceptors (Lipinski definition) is 2. The monoisotopic (exact) mass is 220 g/mol. The minimum Gasteiger partial charge on any atom is -0.350 e. The molecule has 3 heteroatoms. The van der Waals surface area contributed by atoms with E-state index in [0.29, 0.717) is 5.92 Å². The summed E-state index contributed by atoms with van der Waals surface area (Å²) >= 11 is 1.65. The van der Waals surface area contributed by atoms with Gasteiger partial charge in [-0.2, -0.15) is 0 Å². The quantitative estimate of drug-likeness (QED) is 0.848. The fourth-order valence-electron chi connectivity index (χ4n) is 1.84. The first-order valence-corrected chi connectivity index (χ1v) is 6.27. The Kier molecular flexibility index (Phi) is 3.31. The van der Waals surface area contributed by atoms with Gasteiger partial charge in [0, 0.05) is 18.8 Å². The first-order chi connectivity index (χ1) is 7.27. The molecule has 1 aliphatic heterocycles. The Bertz CT molecular complexity index is 337. The van der Waals surface area contributed by atoms with Gasteiger partial charge in [0.05, 0.1) is 0 Å². The third-order valence-corrected chi connectivity index (χ3v) is 3.67. The van der Waals surface area contributed by atoms with Crippen LogP contribution in [0.5, 0.6) is 0 Å². The number of nitrogens with one attached hydrogen (secondary N) is 1. The zero-order valence-electron chi connectivity index (χ0n) is 8.94. The molecule has 1 aromatic rings. The van der Waals surface area contributed by atoms with E-state index in [1.54, 1.807) is 11.8 Å². The van der Waals surface area contributed by atoms with E-state index in [1.165, 1.54) is 5.56 Å². The van der Waals surface area contributed by atoms with Crippen molar-refractivity contribution >= 4 is 16.9 Å². The third-order valence-electron chi connectivity index (χ3n) is 2.75. The van der Waals surface area contributed by atoms with Crippen LogP contribution in [0.1, 0.15) is 18.4 Å². The van der Waals surface area contributed by atoms with Crippen molar-refractivity contribution in [3.63, 3.8) is 0 Å². The van der Waals surface area contributed by atoms with Crippen molar-refractivity contribution in [2.45, 2.75) is 12.8 Å². The topological polar surface area (TPSA) is 27.1 Å². The zero-order chi connectivity index (χ0) is 10.7. The average Bonchev–Trinajstić information content (AvgIpc) is 2.66. The summed E-state index contributed by atoms with van der Waals surface area (Å²) in [5, 5.41) is 8.48. The van der Waals surface area contributed by atoms with E-state index in [9.17, 15) is 0 Å². The molecule has 1 heterocycles. The summed E-state index contributed by atoms with van der Waals surface area (Å²) in [6, 6.07) is 10.5. The summed E-state index contributed by atoms with van der Waals surface area (Å²) in [6.07, 6.45) is 0. The largest absolute Gasteiger partial charge is 0.350 e. The summed E-state index contributed by atoms with van der Waals surface area (Å²) in [6.45, 7) is 4.22. The van der Waals surface area contributed by atoms with Crippen molar-refractivity contribution in [3.8, 4) is 0 Å². The zero-order valence-corrected chi connectivity index (χ0v) is 9.76. The van der Waals surface area contributed by atoms with Gasteiger partial charge in [0.25, 0.3) is 0 Å². The standard InChI is InChI=1S/C12H16N2S/c1-10(11-5-3-2-4-6-11)9-14-7-8-15-12(14)13/h2-6,10,13H,7-9H2,1H3. The Balaban J connectivity index is 1.98. The summed E-state index contributed by atoms with van der Waals surface area (Å²) in [5.74, 6) is 1.57. The lowest BCUT2D eigenvalue weighted by Gasteiger charge is -2.21. The minimum atomic E-state index is 0.505. The smallest absolute Gasteiger partial charge is 0.156 e. The molecule has 1 atom stereocenters. The molecule has 1 aromatic carbocycles. The molecular weight excluding hydrogens is 204 g/mol. The molecule has 0 aromatic heterocycles. The fourth-order valence-corrected chi connectivity index (χ4v) is 2.69. The van der Waals surface area contributed by atoms with Gasteiger partial charge in [-0.05, 0) is 11.5 Å². The normalized spacial score (nSPS) is 18.2. The highest BCUT2D eigenvalue weighted by Crippen LogP contribution is 2.22. The predicted molar refractivity (Wildman–Crippen MR) is 66.6 cm³/mol. The molecular formula is C12H16N2S. The molecule has 0 bridgehead atoms. The fraction of sp³-hybridized carbons (Fsp3) is 0.417. The Hall–Kier alpha value is -0.960. The van der Waals surface area contributed by atoms with Gasteiger partial charge in [0.1, 0.15) is 0 Å². The molecule has 0 saturated carbocycles. The maximum absolute atomic E-state index is 7.75. The van der Waals surface area contributed by atoms with Gasteiger partial charge in [-0.3, -0.25) is 5.41 Å². The number of rotatable bonds is 3. The molecule has 1 unspecified atom stereocenters. The van der Waals surface area contributed by atoms with Gasteiger partial charge in [0.2, 0.25) is 0 Å².